The van der Waals surface area contributed by atoms with E-state index in [4.69, 9.17) is 14.9 Å². The van der Waals surface area contributed by atoms with E-state index in [1.807, 2.05) is 54.6 Å². The highest BCUT2D eigenvalue weighted by Crippen LogP contribution is 2.24. The topological polar surface area (TPSA) is 206 Å². The SMILES string of the molecule is C=CC(=O)NCc1cccc(C[C@H](NC(=O)Cc2ccccc2CNC(=O)[C@H](Cc2ccco2)NCC2CCC(NC(C)=O)CC2)C(=O)NCCOCCN)c1. The van der Waals surface area contributed by atoms with Crippen LogP contribution >= 0.6 is 0 Å². The summed E-state index contributed by atoms with van der Waals surface area (Å²) in [6.45, 7) is 7.42. The molecule has 302 valence electrons. The van der Waals surface area contributed by atoms with Crippen molar-refractivity contribution >= 4 is 29.5 Å². The van der Waals surface area contributed by atoms with Crippen molar-refractivity contribution in [3.05, 3.63) is 108 Å². The number of nitrogens with one attached hydrogen (secondary N) is 6. The lowest BCUT2D eigenvalue weighted by molar-refractivity contribution is -0.128. The lowest BCUT2D eigenvalue weighted by Gasteiger charge is -2.30. The Balaban J connectivity index is 1.38. The summed E-state index contributed by atoms with van der Waals surface area (Å²) in [6.07, 6.45) is 7.08. The average molecular weight is 772 g/mol. The first-order valence-electron chi connectivity index (χ1n) is 19.3. The van der Waals surface area contributed by atoms with Crippen molar-refractivity contribution in [3.63, 3.8) is 0 Å². The van der Waals surface area contributed by atoms with Gasteiger partial charge in [0.05, 0.1) is 31.9 Å². The van der Waals surface area contributed by atoms with Crippen molar-refractivity contribution in [2.75, 3.05) is 32.8 Å². The third-order valence-electron chi connectivity index (χ3n) is 9.67. The number of amides is 5. The number of carbonyl (C=O) groups is 5. The Labute approximate surface area is 329 Å². The van der Waals surface area contributed by atoms with Gasteiger partial charge in [-0.3, -0.25) is 24.0 Å². The minimum absolute atomic E-state index is 0.0108. The molecule has 1 aromatic heterocycles. The molecule has 2 aromatic carbocycles. The van der Waals surface area contributed by atoms with E-state index in [0.717, 1.165) is 42.4 Å². The van der Waals surface area contributed by atoms with Gasteiger partial charge in [0.1, 0.15) is 11.8 Å². The molecule has 1 fully saturated rings. The first-order chi connectivity index (χ1) is 27.1. The summed E-state index contributed by atoms with van der Waals surface area (Å²) in [5, 5.41) is 18.0. The second kappa shape index (κ2) is 23.6. The molecule has 56 heavy (non-hydrogen) atoms. The Hall–Kier alpha value is -5.31. The zero-order valence-electron chi connectivity index (χ0n) is 32.3. The van der Waals surface area contributed by atoms with Crippen LogP contribution in [0.3, 0.4) is 0 Å². The quantitative estimate of drug-likeness (QED) is 0.0555. The predicted molar refractivity (Wildman–Crippen MR) is 213 cm³/mol. The monoisotopic (exact) mass is 771 g/mol. The second-order valence-corrected chi connectivity index (χ2v) is 14.1. The van der Waals surface area contributed by atoms with Gasteiger partial charge in [-0.1, -0.05) is 55.1 Å². The first kappa shape index (κ1) is 43.4. The van der Waals surface area contributed by atoms with Crippen molar-refractivity contribution in [1.82, 2.24) is 31.9 Å². The van der Waals surface area contributed by atoms with E-state index in [9.17, 15) is 24.0 Å². The summed E-state index contributed by atoms with van der Waals surface area (Å²) in [6, 6.07) is 17.2. The van der Waals surface area contributed by atoms with Gasteiger partial charge in [0.2, 0.25) is 29.5 Å². The van der Waals surface area contributed by atoms with Gasteiger partial charge >= 0.3 is 0 Å². The number of nitrogens with two attached hydrogens (primary N) is 1. The van der Waals surface area contributed by atoms with Gasteiger partial charge in [0.15, 0.2) is 0 Å². The maximum atomic E-state index is 13.6. The maximum Gasteiger partial charge on any atom is 0.243 e. The molecule has 1 heterocycles. The Kier molecular flexibility index (Phi) is 18.3. The molecule has 0 radical (unpaired) electrons. The third kappa shape index (κ3) is 15.4. The second-order valence-electron chi connectivity index (χ2n) is 14.1. The van der Waals surface area contributed by atoms with Crippen LogP contribution in [0.1, 0.15) is 60.6 Å². The van der Waals surface area contributed by atoms with Crippen molar-refractivity contribution < 1.29 is 33.1 Å². The van der Waals surface area contributed by atoms with Crippen molar-refractivity contribution in [1.29, 1.82) is 0 Å². The number of hydrogen-bond acceptors (Lipinski definition) is 9. The molecule has 14 nitrogen and oxygen atoms in total. The van der Waals surface area contributed by atoms with Crippen LogP contribution in [0.2, 0.25) is 0 Å². The van der Waals surface area contributed by atoms with Crippen molar-refractivity contribution in [2.45, 2.75) is 83.1 Å². The van der Waals surface area contributed by atoms with E-state index < -0.39 is 12.1 Å². The Morgan fingerprint density at radius 1 is 0.857 bits per heavy atom. The highest BCUT2D eigenvalue weighted by Gasteiger charge is 2.26. The summed E-state index contributed by atoms with van der Waals surface area (Å²) in [4.78, 5) is 63.8. The fourth-order valence-electron chi connectivity index (χ4n) is 6.75. The lowest BCUT2D eigenvalue weighted by atomic mass is 9.85. The minimum atomic E-state index is -0.893. The van der Waals surface area contributed by atoms with Crippen LogP contribution in [-0.2, 0) is 61.1 Å². The van der Waals surface area contributed by atoms with Gasteiger partial charge in [-0.25, -0.2) is 0 Å². The van der Waals surface area contributed by atoms with Crippen molar-refractivity contribution in [2.24, 2.45) is 11.7 Å². The van der Waals surface area contributed by atoms with Crippen LogP contribution < -0.4 is 37.6 Å². The van der Waals surface area contributed by atoms with Crippen LogP contribution in [0.15, 0.2) is 84.0 Å². The molecule has 0 spiro atoms. The molecular weight excluding hydrogens is 715 g/mol. The minimum Gasteiger partial charge on any atom is -0.469 e. The van der Waals surface area contributed by atoms with E-state index in [1.165, 1.54) is 6.08 Å². The summed E-state index contributed by atoms with van der Waals surface area (Å²) in [5.41, 5.74) is 8.61. The number of carbonyl (C=O) groups excluding carboxylic acids is 5. The Morgan fingerprint density at radius 2 is 1.61 bits per heavy atom. The zero-order valence-corrected chi connectivity index (χ0v) is 32.3. The summed E-state index contributed by atoms with van der Waals surface area (Å²) in [5.74, 6) is -0.141. The molecule has 1 aliphatic carbocycles. The molecule has 0 aliphatic heterocycles. The van der Waals surface area contributed by atoms with Crippen LogP contribution in [0.4, 0.5) is 0 Å². The molecular formula is C42H57N7O7. The fourth-order valence-corrected chi connectivity index (χ4v) is 6.75. The fraction of sp³-hybridized carbons (Fsp3) is 0.452. The zero-order chi connectivity index (χ0) is 40.1. The molecule has 8 N–H and O–H groups in total. The van der Waals surface area contributed by atoms with Crippen LogP contribution in [0.5, 0.6) is 0 Å². The normalized spacial score (nSPS) is 16.2. The molecule has 0 unspecified atom stereocenters. The Bertz CT molecular complexity index is 1720. The van der Waals surface area contributed by atoms with E-state index >= 15 is 0 Å². The van der Waals surface area contributed by atoms with E-state index in [2.05, 4.69) is 38.5 Å². The van der Waals surface area contributed by atoms with Crippen LogP contribution in [0.25, 0.3) is 0 Å². The highest BCUT2D eigenvalue weighted by atomic mass is 16.5. The summed E-state index contributed by atoms with van der Waals surface area (Å²) < 4.78 is 11.0. The number of hydrogen-bond donors (Lipinski definition) is 7. The lowest BCUT2D eigenvalue weighted by Crippen LogP contribution is -2.49. The summed E-state index contributed by atoms with van der Waals surface area (Å²) in [7, 11) is 0. The third-order valence-corrected chi connectivity index (χ3v) is 9.67. The number of benzene rings is 2. The largest absolute Gasteiger partial charge is 0.469 e. The van der Waals surface area contributed by atoms with E-state index in [1.54, 1.807) is 19.3 Å². The predicted octanol–water partition coefficient (Wildman–Crippen LogP) is 1.96. The molecule has 14 heteroatoms. The van der Waals surface area contributed by atoms with Gasteiger partial charge in [-0.15, -0.1) is 0 Å². The first-order valence-corrected chi connectivity index (χ1v) is 19.3. The molecule has 0 saturated heterocycles. The Morgan fingerprint density at radius 3 is 2.32 bits per heavy atom. The van der Waals surface area contributed by atoms with Gasteiger partial charge in [0.25, 0.3) is 0 Å². The molecule has 1 aliphatic rings. The molecule has 2 atom stereocenters. The number of furan rings is 1. The van der Waals surface area contributed by atoms with Crippen molar-refractivity contribution in [3.8, 4) is 0 Å². The average Bonchev–Trinajstić information content (AvgIpc) is 3.71. The molecule has 1 saturated carbocycles. The summed E-state index contributed by atoms with van der Waals surface area (Å²) >= 11 is 0. The number of rotatable bonds is 23. The molecule has 4 rings (SSSR count). The van der Waals surface area contributed by atoms with Crippen LogP contribution in [0, 0.1) is 5.92 Å². The molecule has 3 aromatic rings. The molecule has 5 amide bonds. The van der Waals surface area contributed by atoms with E-state index in [0.29, 0.717) is 43.4 Å². The van der Waals surface area contributed by atoms with Gasteiger partial charge < -0.3 is 46.8 Å². The highest BCUT2D eigenvalue weighted by molar-refractivity contribution is 5.89. The van der Waals surface area contributed by atoms with Gasteiger partial charge in [-0.05, 0) is 78.6 Å². The number of ether oxygens (including phenoxy) is 1. The standard InChI is InChI=1S/C42H57N7O7/c1-3-39(51)46-27-32-9-6-8-31(22-32)23-38(42(54)44-18-21-55-20-17-43)49-40(52)24-33-10-4-5-11-34(33)28-47-41(53)37(25-36-12-7-19-56-36)45-26-30-13-15-35(16-14-30)48-29(2)50/h3-12,19,22,30,35,37-38,45H,1,13-18,20-21,23-28,43H2,2H3,(H,44,54)(H,46,51)(H,47,53)(H,48,50)(H,49,52)/t30?,35?,37-,38-/m0/s1. The van der Waals surface area contributed by atoms with E-state index in [-0.39, 0.29) is 74.7 Å². The maximum absolute atomic E-state index is 13.6. The smallest absolute Gasteiger partial charge is 0.243 e. The van der Waals surface area contributed by atoms with Crippen LogP contribution in [-0.4, -0.2) is 80.5 Å². The van der Waals surface area contributed by atoms with Gasteiger partial charge in [0, 0.05) is 52.0 Å². The van der Waals surface area contributed by atoms with Gasteiger partial charge in [-0.2, -0.15) is 0 Å². The molecule has 0 bridgehead atoms.